The molecule has 5 nitrogen and oxygen atoms in total. The van der Waals surface area contributed by atoms with Crippen molar-refractivity contribution in [3.8, 4) is 0 Å². The van der Waals surface area contributed by atoms with E-state index in [2.05, 4.69) is 4.72 Å². The molecule has 0 fully saturated rings. The molecule has 2 heterocycles. The van der Waals surface area contributed by atoms with Gasteiger partial charge >= 0.3 is 0 Å². The van der Waals surface area contributed by atoms with Gasteiger partial charge in [-0.1, -0.05) is 0 Å². The summed E-state index contributed by atoms with van der Waals surface area (Å²) in [7, 11) is -3.82. The Morgan fingerprint density at radius 2 is 1.92 bits per heavy atom. The first-order valence-corrected chi connectivity index (χ1v) is 9.62. The van der Waals surface area contributed by atoms with Crippen LogP contribution in [0.5, 0.6) is 0 Å². The Kier molecular flexibility index (Phi) is 3.57. The van der Waals surface area contributed by atoms with Crippen molar-refractivity contribution < 1.29 is 17.6 Å². The molecule has 1 atom stereocenters. The summed E-state index contributed by atoms with van der Waals surface area (Å²) >= 11 is 0. The van der Waals surface area contributed by atoms with Gasteiger partial charge in [0.1, 0.15) is 5.82 Å². The van der Waals surface area contributed by atoms with E-state index in [4.69, 9.17) is 0 Å². The normalized spacial score (nSPS) is 19.0. The minimum atomic E-state index is -3.82. The van der Waals surface area contributed by atoms with Crippen molar-refractivity contribution >= 4 is 27.3 Å². The van der Waals surface area contributed by atoms with Gasteiger partial charge in [-0.15, -0.1) is 0 Å². The number of amides is 1. The maximum atomic E-state index is 13.0. The number of nitrogens with zero attached hydrogens (tertiary/aromatic N) is 1. The van der Waals surface area contributed by atoms with Crippen LogP contribution in [0.2, 0.25) is 0 Å². The van der Waals surface area contributed by atoms with Gasteiger partial charge in [-0.05, 0) is 67.3 Å². The predicted octanol–water partition coefficient (Wildman–Crippen LogP) is 3.02. The number of halogens is 1. The number of benzene rings is 2. The number of carbonyl (C=O) groups excluding carboxylic acids is 1. The zero-order valence-electron chi connectivity index (χ0n) is 13.6. The molecule has 0 radical (unpaired) electrons. The van der Waals surface area contributed by atoms with Gasteiger partial charge in [-0.25, -0.2) is 12.8 Å². The minimum absolute atomic E-state index is 0.0250. The third-order valence-corrected chi connectivity index (χ3v) is 6.16. The minimum Gasteiger partial charge on any atom is -0.311 e. The van der Waals surface area contributed by atoms with Gasteiger partial charge in [0.05, 0.1) is 16.5 Å². The molecule has 25 heavy (non-hydrogen) atoms. The lowest BCUT2D eigenvalue weighted by atomic mass is 9.97. The monoisotopic (exact) mass is 360 g/mol. The first kappa shape index (κ1) is 16.1. The molecule has 0 unspecified atom stereocenters. The van der Waals surface area contributed by atoms with Crippen LogP contribution in [0.4, 0.5) is 15.8 Å². The molecular weight excluding hydrogens is 343 g/mol. The highest BCUT2D eigenvalue weighted by atomic mass is 32.2. The number of carbonyl (C=O) groups is 1. The van der Waals surface area contributed by atoms with Crippen LogP contribution in [0.25, 0.3) is 0 Å². The molecule has 2 aliphatic rings. The second-order valence-corrected chi connectivity index (χ2v) is 8.13. The van der Waals surface area contributed by atoms with Gasteiger partial charge in [0, 0.05) is 12.2 Å². The molecule has 130 valence electrons. The third kappa shape index (κ3) is 2.59. The second kappa shape index (κ2) is 5.56. The summed E-state index contributed by atoms with van der Waals surface area (Å²) in [5.74, 6) is -0.748. The number of hydrogen-bond acceptors (Lipinski definition) is 3. The Morgan fingerprint density at radius 1 is 1.20 bits per heavy atom. The van der Waals surface area contributed by atoms with Crippen LogP contribution in [-0.2, 0) is 21.2 Å². The lowest BCUT2D eigenvalue weighted by molar-refractivity contribution is -0.119. The van der Waals surface area contributed by atoms with E-state index in [1.807, 2.05) is 0 Å². The quantitative estimate of drug-likeness (QED) is 0.915. The Labute approximate surface area is 145 Å². The summed E-state index contributed by atoms with van der Waals surface area (Å²) in [4.78, 5) is 14.3. The van der Waals surface area contributed by atoms with Gasteiger partial charge in [-0.2, -0.15) is 0 Å². The van der Waals surface area contributed by atoms with E-state index < -0.39 is 15.8 Å². The summed E-state index contributed by atoms with van der Waals surface area (Å²) in [5.41, 5.74) is 2.83. The summed E-state index contributed by atoms with van der Waals surface area (Å²) in [6.45, 7) is 2.49. The van der Waals surface area contributed by atoms with Gasteiger partial charge in [0.25, 0.3) is 10.0 Å². The van der Waals surface area contributed by atoms with Crippen LogP contribution in [-0.4, -0.2) is 20.9 Å². The molecule has 0 aliphatic carbocycles. The van der Waals surface area contributed by atoms with E-state index in [0.717, 1.165) is 29.7 Å². The Morgan fingerprint density at radius 3 is 2.64 bits per heavy atom. The van der Waals surface area contributed by atoms with E-state index in [-0.39, 0.29) is 16.7 Å². The molecule has 0 saturated heterocycles. The van der Waals surface area contributed by atoms with Crippen molar-refractivity contribution in [3.63, 3.8) is 0 Å². The number of anilines is 2. The van der Waals surface area contributed by atoms with Crippen molar-refractivity contribution in [1.82, 2.24) is 0 Å². The van der Waals surface area contributed by atoms with E-state index in [1.54, 1.807) is 24.0 Å². The van der Waals surface area contributed by atoms with Crippen molar-refractivity contribution in [2.75, 3.05) is 16.2 Å². The molecule has 0 saturated carbocycles. The molecule has 0 spiro atoms. The first-order chi connectivity index (χ1) is 11.9. The Bertz CT molecular complexity index is 971. The molecular formula is C18H17FN2O3S. The maximum absolute atomic E-state index is 13.0. The average molecular weight is 360 g/mol. The number of sulfonamides is 1. The van der Waals surface area contributed by atoms with Crippen LogP contribution in [0.15, 0.2) is 41.3 Å². The molecule has 1 N–H and O–H groups in total. The highest BCUT2D eigenvalue weighted by molar-refractivity contribution is 7.92. The van der Waals surface area contributed by atoms with Crippen LogP contribution in [0.1, 0.15) is 30.4 Å². The van der Waals surface area contributed by atoms with Gasteiger partial charge in [-0.3, -0.25) is 9.52 Å². The highest BCUT2D eigenvalue weighted by Crippen LogP contribution is 2.44. The largest absolute Gasteiger partial charge is 0.311 e. The lowest BCUT2D eigenvalue weighted by Gasteiger charge is -2.26. The van der Waals surface area contributed by atoms with Crippen molar-refractivity contribution in [2.24, 2.45) is 0 Å². The molecule has 2 aliphatic heterocycles. The first-order valence-electron chi connectivity index (χ1n) is 8.13. The summed E-state index contributed by atoms with van der Waals surface area (Å²) in [5, 5.41) is 0. The van der Waals surface area contributed by atoms with Crippen LogP contribution in [0, 0.1) is 5.82 Å². The molecule has 0 aromatic heterocycles. The fraction of sp³-hybridized carbons (Fsp3) is 0.278. The Hall–Kier alpha value is -2.41. The molecule has 4 rings (SSSR count). The van der Waals surface area contributed by atoms with E-state index >= 15 is 0 Å². The number of nitrogens with one attached hydrogen (secondary N) is 1. The molecule has 7 heteroatoms. The molecule has 2 aromatic carbocycles. The number of hydrogen-bond donors (Lipinski definition) is 1. The van der Waals surface area contributed by atoms with Crippen LogP contribution in [0.3, 0.4) is 0 Å². The van der Waals surface area contributed by atoms with E-state index in [9.17, 15) is 17.6 Å². The predicted molar refractivity (Wildman–Crippen MR) is 92.7 cm³/mol. The number of aryl methyl sites for hydroxylation is 1. The molecule has 2 aromatic rings. The summed E-state index contributed by atoms with van der Waals surface area (Å²) < 4.78 is 40.9. The summed E-state index contributed by atoms with van der Waals surface area (Å²) in [6, 6.07) is 8.36. The fourth-order valence-corrected chi connectivity index (χ4v) is 4.70. The van der Waals surface area contributed by atoms with Gasteiger partial charge in [0.15, 0.2) is 0 Å². The smallest absolute Gasteiger partial charge is 0.261 e. The number of rotatable bonds is 3. The van der Waals surface area contributed by atoms with E-state index in [0.29, 0.717) is 12.2 Å². The van der Waals surface area contributed by atoms with Crippen molar-refractivity contribution in [3.05, 3.63) is 53.3 Å². The topological polar surface area (TPSA) is 66.5 Å². The highest BCUT2D eigenvalue weighted by Gasteiger charge is 2.38. The molecule has 1 amide bonds. The SMILES string of the molecule is C[C@H]1C(=O)N2CCCc3cc(S(=O)(=O)Nc4ccc(F)cc4)cc1c32. The van der Waals surface area contributed by atoms with Crippen LogP contribution >= 0.6 is 0 Å². The van der Waals surface area contributed by atoms with Gasteiger partial charge in [0.2, 0.25) is 5.91 Å². The standard InChI is InChI=1S/C18H17FN2O3S/c1-11-16-10-15(9-12-3-2-8-21(17(12)16)18(11)22)25(23,24)20-14-6-4-13(19)5-7-14/h4-7,9-11,20H,2-3,8H2,1H3/t11-/m1/s1. The summed E-state index contributed by atoms with van der Waals surface area (Å²) in [6.07, 6.45) is 1.57. The maximum Gasteiger partial charge on any atom is 0.261 e. The van der Waals surface area contributed by atoms with Crippen molar-refractivity contribution in [1.29, 1.82) is 0 Å². The zero-order valence-corrected chi connectivity index (χ0v) is 14.4. The average Bonchev–Trinajstić information content (AvgIpc) is 2.84. The zero-order chi connectivity index (χ0) is 17.8. The molecule has 0 bridgehead atoms. The van der Waals surface area contributed by atoms with Gasteiger partial charge < -0.3 is 4.90 Å². The second-order valence-electron chi connectivity index (χ2n) is 6.45. The fourth-order valence-electron chi connectivity index (χ4n) is 3.55. The lowest BCUT2D eigenvalue weighted by Crippen LogP contribution is -2.32. The van der Waals surface area contributed by atoms with Crippen LogP contribution < -0.4 is 9.62 Å². The Balaban J connectivity index is 1.76. The van der Waals surface area contributed by atoms with E-state index in [1.165, 1.54) is 24.3 Å². The van der Waals surface area contributed by atoms with Crippen molar-refractivity contribution in [2.45, 2.75) is 30.6 Å². The third-order valence-electron chi connectivity index (χ3n) is 4.80.